The van der Waals surface area contributed by atoms with E-state index in [1.54, 1.807) is 42.3 Å². The number of piperidine rings is 1. The molecule has 7 rings (SSSR count). The third kappa shape index (κ3) is 3.20. The van der Waals surface area contributed by atoms with Crippen LogP contribution in [0.1, 0.15) is 60.0 Å². The van der Waals surface area contributed by atoms with Crippen LogP contribution in [0.3, 0.4) is 0 Å². The second kappa shape index (κ2) is 8.05. The van der Waals surface area contributed by atoms with E-state index in [9.17, 15) is 19.8 Å². The topological polar surface area (TPSA) is 90.3 Å². The van der Waals surface area contributed by atoms with Crippen LogP contribution in [0.15, 0.2) is 42.5 Å². The molecule has 2 N–H and O–H groups in total. The summed E-state index contributed by atoms with van der Waals surface area (Å²) in [5.74, 6) is 0.846. The van der Waals surface area contributed by atoms with E-state index in [0.29, 0.717) is 24.2 Å². The number of aliphatic hydroxyl groups is 1. The first-order chi connectivity index (χ1) is 17.8. The molecule has 1 spiro atoms. The number of nitrogens with zero attached hydrogens (tertiary/aromatic N) is 2. The summed E-state index contributed by atoms with van der Waals surface area (Å²) in [6.07, 6.45) is 4.47. The fourth-order valence-electron chi connectivity index (χ4n) is 8.03. The molecule has 0 radical (unpaired) electrons. The highest BCUT2D eigenvalue weighted by Crippen LogP contribution is 2.66. The Morgan fingerprint density at radius 3 is 2.65 bits per heavy atom. The maximum Gasteiger partial charge on any atom is 0.230 e. The van der Waals surface area contributed by atoms with Gasteiger partial charge in [-0.3, -0.25) is 14.5 Å². The van der Waals surface area contributed by atoms with Crippen molar-refractivity contribution in [2.75, 3.05) is 20.1 Å². The lowest BCUT2D eigenvalue weighted by Crippen LogP contribution is -2.78. The number of Topliss-reactive ketones (excluding diaryl/α,β-unsaturated/α-hetero) is 1. The number of likely N-dealkylation sites (N-methyl/N-ethyl adjacent to an activating group) is 1. The number of likely N-dealkylation sites (tertiary alicyclic amines) is 1. The fourth-order valence-corrected chi connectivity index (χ4v) is 8.03. The number of phenolic OH excluding ortho intramolecular Hbond substituents is 1. The molecule has 5 aliphatic rings. The molecular weight excluding hydrogens is 468 g/mol. The van der Waals surface area contributed by atoms with E-state index < -0.39 is 17.1 Å². The third-order valence-corrected chi connectivity index (χ3v) is 10.0. The van der Waals surface area contributed by atoms with E-state index in [4.69, 9.17) is 4.74 Å². The molecule has 1 amide bonds. The summed E-state index contributed by atoms with van der Waals surface area (Å²) >= 11 is 0. The van der Waals surface area contributed by atoms with E-state index in [-0.39, 0.29) is 35.9 Å². The van der Waals surface area contributed by atoms with Gasteiger partial charge < -0.3 is 19.8 Å². The van der Waals surface area contributed by atoms with Gasteiger partial charge in [-0.2, -0.15) is 0 Å². The largest absolute Gasteiger partial charge is 0.504 e. The Hall–Kier alpha value is -2.90. The van der Waals surface area contributed by atoms with Gasteiger partial charge in [-0.15, -0.1) is 0 Å². The van der Waals surface area contributed by atoms with E-state index in [0.717, 1.165) is 43.0 Å². The maximum atomic E-state index is 13.4. The van der Waals surface area contributed by atoms with Crippen LogP contribution < -0.4 is 4.74 Å². The quantitative estimate of drug-likeness (QED) is 0.466. The molecule has 0 aromatic heterocycles. The van der Waals surface area contributed by atoms with Crippen molar-refractivity contribution in [1.82, 2.24) is 9.80 Å². The van der Waals surface area contributed by atoms with E-state index in [2.05, 4.69) is 4.90 Å². The molecule has 2 heterocycles. The number of aromatic hydroxyl groups is 1. The minimum Gasteiger partial charge on any atom is -0.504 e. The summed E-state index contributed by atoms with van der Waals surface area (Å²) in [7, 11) is 1.75. The Bertz CT molecular complexity index is 1280. The van der Waals surface area contributed by atoms with Crippen LogP contribution in [0.4, 0.5) is 0 Å². The minimum atomic E-state index is -0.989. The Labute approximate surface area is 217 Å². The van der Waals surface area contributed by atoms with Crippen molar-refractivity contribution in [3.63, 3.8) is 0 Å². The van der Waals surface area contributed by atoms with Gasteiger partial charge in [0.25, 0.3) is 0 Å². The Balaban J connectivity index is 1.24. The van der Waals surface area contributed by atoms with Crippen molar-refractivity contribution < 1.29 is 24.5 Å². The van der Waals surface area contributed by atoms with Crippen LogP contribution in [-0.2, 0) is 16.6 Å². The highest BCUT2D eigenvalue weighted by atomic mass is 16.5. The summed E-state index contributed by atoms with van der Waals surface area (Å²) in [6, 6.07) is 12.3. The first-order valence-corrected chi connectivity index (χ1v) is 13.7. The molecule has 2 aromatic rings. The first-order valence-electron chi connectivity index (χ1n) is 13.7. The molecule has 2 aromatic carbocycles. The minimum absolute atomic E-state index is 0.00226. The fraction of sp³-hybridized carbons (Fsp3) is 0.533. The van der Waals surface area contributed by atoms with Crippen LogP contribution in [0.25, 0.3) is 0 Å². The zero-order valence-corrected chi connectivity index (χ0v) is 21.2. The average Bonchev–Trinajstić information content (AvgIpc) is 3.64. The summed E-state index contributed by atoms with van der Waals surface area (Å²) in [6.45, 7) is 1.90. The second-order valence-electron chi connectivity index (χ2n) is 11.9. The predicted octanol–water partition coefficient (Wildman–Crippen LogP) is 3.06. The predicted molar refractivity (Wildman–Crippen MR) is 137 cm³/mol. The molecule has 2 aliphatic heterocycles. The van der Waals surface area contributed by atoms with E-state index in [1.807, 2.05) is 12.1 Å². The van der Waals surface area contributed by atoms with E-state index in [1.165, 1.54) is 12.8 Å². The van der Waals surface area contributed by atoms with E-state index >= 15 is 0 Å². The van der Waals surface area contributed by atoms with Crippen molar-refractivity contribution in [2.45, 2.75) is 74.1 Å². The van der Waals surface area contributed by atoms with Crippen LogP contribution in [0, 0.1) is 5.92 Å². The van der Waals surface area contributed by atoms with Gasteiger partial charge in [0.15, 0.2) is 17.3 Å². The molecule has 7 nitrogen and oxygen atoms in total. The standard InChI is InChI=1S/C30H34N2O5/c1-31(25(35)16-23(34)19-5-3-2-4-6-19)21-11-12-30(36)24-15-20-9-10-22(33)27-26(20)29(30,28(21)37-27)13-14-32(24)17-18-7-8-18/h2-6,9-10,18,21,24,28,33,36H,7-8,11-17H2,1H3/t21?,24-,28+,29+,30-/m1/s1. The first kappa shape index (κ1) is 23.2. The van der Waals surface area contributed by atoms with Gasteiger partial charge in [0.1, 0.15) is 6.10 Å². The van der Waals surface area contributed by atoms with Crippen molar-refractivity contribution >= 4 is 11.7 Å². The van der Waals surface area contributed by atoms with Crippen LogP contribution in [0.5, 0.6) is 11.5 Å². The lowest BCUT2D eigenvalue weighted by atomic mass is 9.48. The lowest BCUT2D eigenvalue weighted by Gasteiger charge is -2.64. The van der Waals surface area contributed by atoms with Crippen molar-refractivity contribution in [1.29, 1.82) is 0 Å². The number of ketones is 1. The second-order valence-corrected chi connectivity index (χ2v) is 11.9. The van der Waals surface area contributed by atoms with Gasteiger partial charge in [-0.05, 0) is 62.6 Å². The number of hydrogen-bond acceptors (Lipinski definition) is 6. The summed E-state index contributed by atoms with van der Waals surface area (Å²) in [4.78, 5) is 30.3. The van der Waals surface area contributed by atoms with Gasteiger partial charge in [0.2, 0.25) is 5.91 Å². The van der Waals surface area contributed by atoms with Crippen molar-refractivity contribution in [2.24, 2.45) is 5.92 Å². The lowest BCUT2D eigenvalue weighted by molar-refractivity contribution is -0.200. The van der Waals surface area contributed by atoms with Crippen LogP contribution in [-0.4, -0.2) is 75.6 Å². The summed E-state index contributed by atoms with van der Waals surface area (Å²) < 4.78 is 6.57. The Morgan fingerprint density at radius 2 is 1.89 bits per heavy atom. The van der Waals surface area contributed by atoms with Gasteiger partial charge in [0.05, 0.1) is 23.5 Å². The third-order valence-electron chi connectivity index (χ3n) is 10.0. The molecule has 2 bridgehead atoms. The number of carbonyl (C=O) groups excluding carboxylic acids is 2. The van der Waals surface area contributed by atoms with Crippen molar-refractivity contribution in [3.05, 3.63) is 59.2 Å². The monoisotopic (exact) mass is 502 g/mol. The van der Waals surface area contributed by atoms with Gasteiger partial charge in [-0.25, -0.2) is 0 Å². The van der Waals surface area contributed by atoms with Gasteiger partial charge in [-0.1, -0.05) is 36.4 Å². The van der Waals surface area contributed by atoms with Crippen LogP contribution >= 0.6 is 0 Å². The molecule has 7 heteroatoms. The Morgan fingerprint density at radius 1 is 1.11 bits per heavy atom. The molecule has 37 heavy (non-hydrogen) atoms. The molecule has 194 valence electrons. The summed E-state index contributed by atoms with van der Waals surface area (Å²) in [5, 5.41) is 23.4. The molecule has 3 aliphatic carbocycles. The number of carbonyl (C=O) groups is 2. The molecule has 2 saturated carbocycles. The number of rotatable bonds is 6. The molecule has 1 unspecified atom stereocenters. The number of ether oxygens (including phenoxy) is 1. The van der Waals surface area contributed by atoms with Crippen LogP contribution in [0.2, 0.25) is 0 Å². The normalized spacial score (nSPS) is 33.4. The number of benzene rings is 2. The number of hydrogen-bond donors (Lipinski definition) is 2. The molecule has 3 fully saturated rings. The highest BCUT2D eigenvalue weighted by molar-refractivity contribution is 6.07. The number of amides is 1. The highest BCUT2D eigenvalue weighted by Gasteiger charge is 2.73. The average molecular weight is 503 g/mol. The maximum absolute atomic E-state index is 13.4. The molecular formula is C30H34N2O5. The SMILES string of the molecule is CN(C(=O)CC(=O)c1ccccc1)C1CC[C@@]2(O)[C@H]3Cc4ccc(O)c5c4[C@@]2(CCN3CC2CC2)[C@H]1O5. The smallest absolute Gasteiger partial charge is 0.230 e. The zero-order chi connectivity index (χ0) is 25.5. The van der Waals surface area contributed by atoms with Crippen molar-refractivity contribution in [3.8, 4) is 11.5 Å². The summed E-state index contributed by atoms with van der Waals surface area (Å²) in [5.41, 5.74) is 0.947. The Kier molecular flexibility index (Phi) is 5.05. The van der Waals surface area contributed by atoms with Gasteiger partial charge >= 0.3 is 0 Å². The van der Waals surface area contributed by atoms with Gasteiger partial charge in [0, 0.05) is 30.8 Å². The zero-order valence-electron chi connectivity index (χ0n) is 21.2. The number of phenols is 1. The molecule has 5 atom stereocenters. The molecule has 1 saturated heterocycles.